The van der Waals surface area contributed by atoms with E-state index in [1.165, 1.54) is 30.2 Å². The summed E-state index contributed by atoms with van der Waals surface area (Å²) >= 11 is 1.10. The lowest BCUT2D eigenvalue weighted by Crippen LogP contribution is -2.29. The highest BCUT2D eigenvalue weighted by atomic mass is 32.1. The van der Waals surface area contributed by atoms with Gasteiger partial charge in [0.05, 0.1) is 28.9 Å². The van der Waals surface area contributed by atoms with Crippen molar-refractivity contribution in [2.24, 2.45) is 0 Å². The van der Waals surface area contributed by atoms with Gasteiger partial charge in [-0.2, -0.15) is 0 Å². The maximum atomic E-state index is 13.8. The minimum Gasteiger partial charge on any atom is -0.507 e. The predicted molar refractivity (Wildman–Crippen MR) is 133 cm³/mol. The van der Waals surface area contributed by atoms with Crippen molar-refractivity contribution in [1.82, 2.24) is 4.98 Å². The van der Waals surface area contributed by atoms with Gasteiger partial charge in [-0.1, -0.05) is 35.6 Å². The number of aryl methyl sites for hydroxylation is 2. The van der Waals surface area contributed by atoms with E-state index in [4.69, 9.17) is 4.74 Å². The number of aliphatic hydroxyl groups is 1. The Hall–Kier alpha value is -4.04. The molecule has 1 saturated heterocycles. The van der Waals surface area contributed by atoms with E-state index in [-0.39, 0.29) is 16.5 Å². The van der Waals surface area contributed by atoms with Crippen LogP contribution in [0.1, 0.15) is 28.3 Å². The Morgan fingerprint density at radius 3 is 2.60 bits per heavy atom. The number of benzene rings is 3. The second-order valence-corrected chi connectivity index (χ2v) is 9.36. The summed E-state index contributed by atoms with van der Waals surface area (Å²) in [6.45, 7) is 3.86. The molecule has 6 nitrogen and oxygen atoms in total. The third-order valence-electron chi connectivity index (χ3n) is 6.18. The zero-order valence-electron chi connectivity index (χ0n) is 19.2. The number of halogens is 1. The number of nitrogens with zero attached hydrogens (tertiary/aromatic N) is 2. The molecule has 0 aliphatic carbocycles. The maximum absolute atomic E-state index is 13.8. The van der Waals surface area contributed by atoms with Gasteiger partial charge in [-0.3, -0.25) is 14.5 Å². The smallest absolute Gasteiger partial charge is 0.301 e. The van der Waals surface area contributed by atoms with Gasteiger partial charge in [0.25, 0.3) is 5.78 Å². The molecule has 4 aromatic rings. The molecule has 8 heteroatoms. The van der Waals surface area contributed by atoms with Crippen LogP contribution in [0.25, 0.3) is 16.0 Å². The molecule has 0 spiro atoms. The molecule has 1 N–H and O–H groups in total. The summed E-state index contributed by atoms with van der Waals surface area (Å²) in [5.41, 5.74) is 3.44. The number of aromatic nitrogens is 1. The number of thiazole rings is 1. The van der Waals surface area contributed by atoms with Crippen LogP contribution in [0.4, 0.5) is 9.52 Å². The van der Waals surface area contributed by atoms with E-state index in [1.54, 1.807) is 36.4 Å². The average Bonchev–Trinajstić information content (AvgIpc) is 3.38. The quantitative estimate of drug-likeness (QED) is 0.227. The number of anilines is 1. The molecule has 0 bridgehead atoms. The topological polar surface area (TPSA) is 79.7 Å². The Morgan fingerprint density at radius 2 is 1.86 bits per heavy atom. The Bertz CT molecular complexity index is 1540. The summed E-state index contributed by atoms with van der Waals surface area (Å²) in [7, 11) is 1.52. The summed E-state index contributed by atoms with van der Waals surface area (Å²) < 4.78 is 19.7. The van der Waals surface area contributed by atoms with Crippen LogP contribution in [-0.2, 0) is 9.59 Å². The van der Waals surface area contributed by atoms with E-state index >= 15 is 0 Å². The summed E-state index contributed by atoms with van der Waals surface area (Å²) in [5.74, 6) is -1.80. The van der Waals surface area contributed by atoms with Crippen LogP contribution in [0.3, 0.4) is 0 Å². The van der Waals surface area contributed by atoms with Gasteiger partial charge < -0.3 is 9.84 Å². The number of methoxy groups -OCH3 is 1. The van der Waals surface area contributed by atoms with Crippen LogP contribution in [0, 0.1) is 19.7 Å². The lowest BCUT2D eigenvalue weighted by molar-refractivity contribution is -0.132. The van der Waals surface area contributed by atoms with Gasteiger partial charge in [0.15, 0.2) is 5.13 Å². The molecule has 176 valence electrons. The van der Waals surface area contributed by atoms with Crippen LogP contribution in [-0.4, -0.2) is 28.9 Å². The fourth-order valence-corrected chi connectivity index (χ4v) is 5.21. The number of carbonyl (C=O) groups is 2. The molecular weight excluding hydrogens is 467 g/mol. The average molecular weight is 489 g/mol. The molecule has 1 aliphatic rings. The second kappa shape index (κ2) is 8.63. The van der Waals surface area contributed by atoms with Crippen LogP contribution in [0.2, 0.25) is 0 Å². The molecule has 35 heavy (non-hydrogen) atoms. The lowest BCUT2D eigenvalue weighted by Gasteiger charge is -2.23. The Balaban J connectivity index is 1.75. The minimum atomic E-state index is -0.947. The molecule has 1 unspecified atom stereocenters. The van der Waals surface area contributed by atoms with Crippen molar-refractivity contribution in [2.45, 2.75) is 19.9 Å². The predicted octanol–water partition coefficient (Wildman–Crippen LogP) is 5.69. The highest BCUT2D eigenvalue weighted by Gasteiger charge is 2.48. The number of aliphatic hydroxyl groups excluding tert-OH is 1. The number of rotatable bonds is 4. The Kier molecular flexibility index (Phi) is 5.61. The van der Waals surface area contributed by atoms with Crippen LogP contribution < -0.4 is 9.64 Å². The third-order valence-corrected chi connectivity index (χ3v) is 7.20. The van der Waals surface area contributed by atoms with Gasteiger partial charge in [-0.15, -0.1) is 0 Å². The van der Waals surface area contributed by atoms with Crippen molar-refractivity contribution < 1.29 is 23.8 Å². The molecule has 5 rings (SSSR count). The molecule has 1 aliphatic heterocycles. The van der Waals surface area contributed by atoms with Crippen molar-refractivity contribution in [3.63, 3.8) is 0 Å². The molecule has 1 aromatic heterocycles. The Labute approximate surface area is 204 Å². The fourth-order valence-electron chi connectivity index (χ4n) is 4.19. The molecule has 0 radical (unpaired) electrons. The van der Waals surface area contributed by atoms with Gasteiger partial charge >= 0.3 is 5.91 Å². The number of amides is 1. The van der Waals surface area contributed by atoms with Gasteiger partial charge in [-0.05, 0) is 66.9 Å². The minimum absolute atomic E-state index is 0.0445. The van der Waals surface area contributed by atoms with E-state index < -0.39 is 23.5 Å². The zero-order chi connectivity index (χ0) is 24.9. The van der Waals surface area contributed by atoms with E-state index in [1.807, 2.05) is 19.9 Å². The highest BCUT2D eigenvalue weighted by molar-refractivity contribution is 7.22. The van der Waals surface area contributed by atoms with Crippen molar-refractivity contribution in [2.75, 3.05) is 12.0 Å². The first-order valence-corrected chi connectivity index (χ1v) is 11.7. The van der Waals surface area contributed by atoms with Gasteiger partial charge in [-0.25, -0.2) is 9.37 Å². The maximum Gasteiger partial charge on any atom is 0.301 e. The summed E-state index contributed by atoms with van der Waals surface area (Å²) in [6.07, 6.45) is 0. The third kappa shape index (κ3) is 3.85. The molecule has 1 atom stereocenters. The number of hydrogen-bond donors (Lipinski definition) is 1. The summed E-state index contributed by atoms with van der Waals surface area (Å²) in [4.78, 5) is 32.5. The number of Topliss-reactive ketones (excluding diaryl/α,β-unsaturated/α-hetero) is 1. The number of carbonyl (C=O) groups excluding carboxylic acids is 2. The molecule has 2 heterocycles. The highest BCUT2D eigenvalue weighted by Crippen LogP contribution is 2.45. The fraction of sp³-hybridized carbons (Fsp3) is 0.148. The van der Waals surface area contributed by atoms with Gasteiger partial charge in [0.2, 0.25) is 0 Å². The van der Waals surface area contributed by atoms with E-state index in [9.17, 15) is 19.1 Å². The van der Waals surface area contributed by atoms with Crippen molar-refractivity contribution in [3.05, 3.63) is 94.3 Å². The molecule has 1 fully saturated rings. The molecule has 1 amide bonds. The first-order valence-electron chi connectivity index (χ1n) is 10.9. The zero-order valence-corrected chi connectivity index (χ0v) is 20.0. The van der Waals surface area contributed by atoms with E-state index in [2.05, 4.69) is 4.98 Å². The largest absolute Gasteiger partial charge is 0.507 e. The van der Waals surface area contributed by atoms with Crippen molar-refractivity contribution >= 4 is 44.1 Å². The monoisotopic (exact) mass is 488 g/mol. The van der Waals surface area contributed by atoms with Gasteiger partial charge in [0, 0.05) is 5.56 Å². The first kappa shape index (κ1) is 22.7. The number of ketones is 1. The van der Waals surface area contributed by atoms with E-state index in [0.29, 0.717) is 27.1 Å². The van der Waals surface area contributed by atoms with Gasteiger partial charge in [0.1, 0.15) is 17.3 Å². The summed E-state index contributed by atoms with van der Waals surface area (Å²) in [6, 6.07) is 15.5. The molecular formula is C27H21FN2O4S. The van der Waals surface area contributed by atoms with Crippen molar-refractivity contribution in [3.8, 4) is 5.75 Å². The lowest BCUT2D eigenvalue weighted by atomic mass is 9.94. The van der Waals surface area contributed by atoms with Crippen LogP contribution >= 0.6 is 11.3 Å². The standard InChI is InChI=1S/C27H21FN2O4S/c1-14-7-8-17(11-15(14)2)24(31)22-23(16-5-4-6-19(12-16)34-3)30(26(33)25(22)32)27-29-20-10-9-18(28)13-21(20)35-27/h4-13,23,31H,1-3H3/b24-22+. The van der Waals surface area contributed by atoms with Crippen LogP contribution in [0.15, 0.2) is 66.2 Å². The van der Waals surface area contributed by atoms with Crippen LogP contribution in [0.5, 0.6) is 5.75 Å². The summed E-state index contributed by atoms with van der Waals surface area (Å²) in [5, 5.41) is 11.5. The molecule has 0 saturated carbocycles. The Morgan fingerprint density at radius 1 is 1.06 bits per heavy atom. The SMILES string of the molecule is COc1cccc(C2/C(=C(\O)c3ccc(C)c(C)c3)C(=O)C(=O)N2c2nc3ccc(F)cc3s2)c1. The number of hydrogen-bond acceptors (Lipinski definition) is 6. The van der Waals surface area contributed by atoms with E-state index in [0.717, 1.165) is 22.5 Å². The second-order valence-electron chi connectivity index (χ2n) is 8.35. The number of ether oxygens (including phenoxy) is 1. The van der Waals surface area contributed by atoms with Crippen molar-refractivity contribution in [1.29, 1.82) is 0 Å². The number of fused-ring (bicyclic) bond motifs is 1. The first-order chi connectivity index (χ1) is 16.8. The normalized spacial score (nSPS) is 17.4. The molecule has 3 aromatic carbocycles.